The van der Waals surface area contributed by atoms with Crippen LogP contribution in [-0.4, -0.2) is 70.9 Å². The van der Waals surface area contributed by atoms with Crippen molar-refractivity contribution in [3.63, 3.8) is 0 Å². The standard InChI is InChI=1S/C38H54Cl2N4O4/c1-27(48-35(46)44(37(5,6)7)38(8,9)26-36(2,3)4)43-32-25-29(17-15-28(32)16-18-33(43)45)47-24-11-10-19-41-20-22-42(23-21-41)31-14-12-13-30(39)34(31)40/h12-18,25,27H,10-11,19-24,26H2,1-9H3. The molecule has 1 aliphatic rings. The Morgan fingerprint density at radius 1 is 0.917 bits per heavy atom. The molecule has 10 heteroatoms. The van der Waals surface area contributed by atoms with E-state index in [1.807, 2.05) is 57.2 Å². The van der Waals surface area contributed by atoms with Crippen molar-refractivity contribution in [1.82, 2.24) is 14.4 Å². The Morgan fingerprint density at radius 3 is 2.23 bits per heavy atom. The molecular weight excluding hydrogens is 647 g/mol. The van der Waals surface area contributed by atoms with E-state index in [0.29, 0.717) is 27.9 Å². The van der Waals surface area contributed by atoms with E-state index in [-0.39, 0.29) is 11.0 Å². The molecule has 1 fully saturated rings. The number of unbranched alkanes of at least 4 members (excludes halogenated alkanes) is 1. The van der Waals surface area contributed by atoms with Crippen molar-refractivity contribution in [2.75, 3.05) is 44.2 Å². The third-order valence-electron chi connectivity index (χ3n) is 8.74. The Labute approximate surface area is 296 Å². The summed E-state index contributed by atoms with van der Waals surface area (Å²) in [6, 6.07) is 14.8. The van der Waals surface area contributed by atoms with Gasteiger partial charge in [0.15, 0.2) is 6.23 Å². The molecule has 264 valence electrons. The van der Waals surface area contributed by atoms with Gasteiger partial charge in [-0.25, -0.2) is 4.79 Å². The predicted octanol–water partition coefficient (Wildman–Crippen LogP) is 9.26. The second kappa shape index (κ2) is 15.3. The zero-order valence-electron chi connectivity index (χ0n) is 30.2. The molecule has 2 aromatic carbocycles. The maximum Gasteiger partial charge on any atom is 0.412 e. The number of hydrogen-bond acceptors (Lipinski definition) is 6. The van der Waals surface area contributed by atoms with Crippen molar-refractivity contribution in [3.8, 4) is 5.75 Å². The van der Waals surface area contributed by atoms with E-state index >= 15 is 0 Å². The highest BCUT2D eigenvalue weighted by atomic mass is 35.5. The van der Waals surface area contributed by atoms with Gasteiger partial charge in [0.2, 0.25) is 0 Å². The maximum absolute atomic E-state index is 13.8. The van der Waals surface area contributed by atoms with E-state index in [1.165, 1.54) is 10.6 Å². The quantitative estimate of drug-likeness (QED) is 0.186. The first-order valence-corrected chi connectivity index (χ1v) is 17.8. The SMILES string of the molecule is CC(OC(=O)N(C(C)(C)C)C(C)(C)CC(C)(C)C)n1c(=O)ccc2ccc(OCCCCN3CCN(c4cccc(Cl)c4Cl)CC3)cc21. The molecule has 1 amide bonds. The van der Waals surface area contributed by atoms with Gasteiger partial charge in [-0.15, -0.1) is 0 Å². The van der Waals surface area contributed by atoms with Crippen molar-refractivity contribution in [2.24, 2.45) is 5.41 Å². The summed E-state index contributed by atoms with van der Waals surface area (Å²) in [4.78, 5) is 33.6. The highest BCUT2D eigenvalue weighted by Gasteiger charge is 2.42. The minimum Gasteiger partial charge on any atom is -0.494 e. The molecule has 4 rings (SSSR count). The Bertz CT molecular complexity index is 1620. The molecule has 1 aliphatic heterocycles. The average molecular weight is 702 g/mol. The lowest BCUT2D eigenvalue weighted by molar-refractivity contribution is -0.0284. The Hall–Kier alpha value is -2.94. The molecule has 0 bridgehead atoms. The number of hydrogen-bond donors (Lipinski definition) is 0. The molecule has 1 unspecified atom stereocenters. The fraction of sp³-hybridized carbons (Fsp3) is 0.579. The van der Waals surface area contributed by atoms with E-state index in [2.05, 4.69) is 44.4 Å². The highest BCUT2D eigenvalue weighted by molar-refractivity contribution is 6.43. The number of ether oxygens (including phenoxy) is 2. The van der Waals surface area contributed by atoms with Gasteiger partial charge in [0.25, 0.3) is 5.56 Å². The van der Waals surface area contributed by atoms with Crippen molar-refractivity contribution < 1.29 is 14.3 Å². The number of nitrogens with zero attached hydrogens (tertiary/aromatic N) is 4. The molecule has 0 spiro atoms. The summed E-state index contributed by atoms with van der Waals surface area (Å²) < 4.78 is 13.7. The average Bonchev–Trinajstić information content (AvgIpc) is 2.96. The van der Waals surface area contributed by atoms with Gasteiger partial charge in [-0.1, -0.05) is 50.0 Å². The zero-order valence-corrected chi connectivity index (χ0v) is 31.7. The lowest BCUT2D eigenvalue weighted by Crippen LogP contribution is -2.58. The molecule has 3 aromatic rings. The molecule has 48 heavy (non-hydrogen) atoms. The van der Waals surface area contributed by atoms with E-state index in [9.17, 15) is 9.59 Å². The van der Waals surface area contributed by atoms with Gasteiger partial charge < -0.3 is 14.4 Å². The molecule has 1 saturated heterocycles. The summed E-state index contributed by atoms with van der Waals surface area (Å²) in [6.45, 7) is 23.7. The number of rotatable bonds is 11. The summed E-state index contributed by atoms with van der Waals surface area (Å²) in [7, 11) is 0. The van der Waals surface area contributed by atoms with E-state index in [4.69, 9.17) is 32.7 Å². The maximum atomic E-state index is 13.8. The Kier molecular flexibility index (Phi) is 12.1. The van der Waals surface area contributed by atoms with Crippen LogP contribution < -0.4 is 15.2 Å². The second-order valence-electron chi connectivity index (χ2n) is 15.8. The fourth-order valence-electron chi connectivity index (χ4n) is 7.33. The number of pyridine rings is 1. The van der Waals surface area contributed by atoms with Gasteiger partial charge >= 0.3 is 6.09 Å². The molecule has 0 saturated carbocycles. The van der Waals surface area contributed by atoms with Gasteiger partial charge in [0.1, 0.15) is 5.75 Å². The summed E-state index contributed by atoms with van der Waals surface area (Å²) >= 11 is 12.7. The minimum atomic E-state index is -0.824. The van der Waals surface area contributed by atoms with Crippen LogP contribution in [0.3, 0.4) is 0 Å². The zero-order chi connectivity index (χ0) is 35.4. The monoisotopic (exact) mass is 700 g/mol. The lowest BCUT2D eigenvalue weighted by Gasteiger charge is -2.48. The van der Waals surface area contributed by atoms with Crippen LogP contribution in [-0.2, 0) is 4.74 Å². The Morgan fingerprint density at radius 2 is 1.58 bits per heavy atom. The molecule has 2 heterocycles. The first kappa shape index (κ1) is 37.9. The highest BCUT2D eigenvalue weighted by Crippen LogP contribution is 2.37. The molecule has 0 aliphatic carbocycles. The second-order valence-corrected chi connectivity index (χ2v) is 16.5. The Balaban J connectivity index is 1.35. The van der Waals surface area contributed by atoms with Gasteiger partial charge in [-0.2, -0.15) is 0 Å². The lowest BCUT2D eigenvalue weighted by atomic mass is 9.79. The van der Waals surface area contributed by atoms with E-state index < -0.39 is 23.4 Å². The number of fused-ring (bicyclic) bond motifs is 1. The van der Waals surface area contributed by atoms with Crippen LogP contribution in [0.5, 0.6) is 5.75 Å². The molecule has 1 aromatic heterocycles. The smallest absolute Gasteiger partial charge is 0.412 e. The van der Waals surface area contributed by atoms with Gasteiger partial charge in [0, 0.05) is 49.4 Å². The van der Waals surface area contributed by atoms with Crippen LogP contribution in [0, 0.1) is 5.41 Å². The minimum absolute atomic E-state index is 0.00474. The van der Waals surface area contributed by atoms with Crippen LogP contribution in [0.4, 0.5) is 10.5 Å². The van der Waals surface area contributed by atoms with Crippen LogP contribution in [0.2, 0.25) is 10.0 Å². The summed E-state index contributed by atoms with van der Waals surface area (Å²) in [5, 5.41) is 2.07. The normalized spacial score (nSPS) is 15.4. The van der Waals surface area contributed by atoms with Crippen molar-refractivity contribution in [2.45, 2.75) is 98.9 Å². The van der Waals surface area contributed by atoms with Crippen LogP contribution in [0.15, 0.2) is 53.3 Å². The molecule has 8 nitrogen and oxygen atoms in total. The number of aromatic nitrogens is 1. The van der Waals surface area contributed by atoms with Crippen molar-refractivity contribution >= 4 is 45.9 Å². The van der Waals surface area contributed by atoms with Crippen LogP contribution in [0.1, 0.15) is 87.8 Å². The van der Waals surface area contributed by atoms with Crippen molar-refractivity contribution in [1.29, 1.82) is 0 Å². The third kappa shape index (κ3) is 9.60. The first-order valence-electron chi connectivity index (χ1n) is 17.1. The van der Waals surface area contributed by atoms with Crippen molar-refractivity contribution in [3.05, 3.63) is 68.9 Å². The van der Waals surface area contributed by atoms with Gasteiger partial charge in [-0.05, 0) is 108 Å². The third-order valence-corrected chi connectivity index (χ3v) is 9.55. The topological polar surface area (TPSA) is 67.2 Å². The number of anilines is 1. The van der Waals surface area contributed by atoms with Gasteiger partial charge in [-0.3, -0.25) is 19.2 Å². The summed E-state index contributed by atoms with van der Waals surface area (Å²) in [5.74, 6) is 0.676. The van der Waals surface area contributed by atoms with Crippen LogP contribution in [0.25, 0.3) is 10.9 Å². The van der Waals surface area contributed by atoms with E-state index in [0.717, 1.165) is 63.1 Å². The largest absolute Gasteiger partial charge is 0.494 e. The predicted molar refractivity (Wildman–Crippen MR) is 199 cm³/mol. The molecule has 0 N–H and O–H groups in total. The molecule has 0 radical (unpaired) electrons. The first-order chi connectivity index (χ1) is 22.4. The van der Waals surface area contributed by atoms with E-state index in [1.54, 1.807) is 17.9 Å². The summed E-state index contributed by atoms with van der Waals surface area (Å²) in [5.41, 5.74) is 0.457. The molecular formula is C38H54Cl2N4O4. The van der Waals surface area contributed by atoms with Gasteiger partial charge in [0.05, 0.1) is 27.9 Å². The number of halogens is 2. The van der Waals surface area contributed by atoms with Crippen LogP contribution >= 0.6 is 23.2 Å². The number of benzene rings is 2. The molecule has 1 atom stereocenters. The number of carbonyl (C=O) groups is 1. The number of amides is 1. The number of carbonyl (C=O) groups excluding carboxylic acids is 1. The fourth-order valence-corrected chi connectivity index (χ4v) is 7.75. The number of piperazine rings is 1. The summed E-state index contributed by atoms with van der Waals surface area (Å²) in [6.07, 6.45) is 1.43.